The molecule has 7 nitrogen and oxygen atoms in total. The van der Waals surface area contributed by atoms with Crippen LogP contribution in [0, 0.1) is 0 Å². The summed E-state index contributed by atoms with van der Waals surface area (Å²) in [5.41, 5.74) is 0.686. The molecule has 24 heavy (non-hydrogen) atoms. The van der Waals surface area contributed by atoms with Crippen molar-refractivity contribution in [2.24, 2.45) is 0 Å². The molecule has 2 aromatic rings. The standard InChI is InChI=1S/C16H26N4O3Si/c1-16(2,3)24(4,5)22-8-11-6-7-12(23-11)20-10-19-13-14(20)17-9-18-15(13)21/h9-12H,6-8H2,1-5H3,(H,17,18,21)/t11-,12+/m0/s1. The van der Waals surface area contributed by atoms with Gasteiger partial charge in [-0.15, -0.1) is 0 Å². The van der Waals surface area contributed by atoms with Gasteiger partial charge in [-0.3, -0.25) is 9.36 Å². The van der Waals surface area contributed by atoms with Crippen molar-refractivity contribution in [2.75, 3.05) is 6.61 Å². The van der Waals surface area contributed by atoms with Crippen molar-refractivity contribution >= 4 is 19.5 Å². The maximum absolute atomic E-state index is 11.8. The van der Waals surface area contributed by atoms with Crippen LogP contribution in [0.25, 0.3) is 11.2 Å². The minimum Gasteiger partial charge on any atom is -0.414 e. The Morgan fingerprint density at radius 1 is 1.38 bits per heavy atom. The zero-order valence-corrected chi connectivity index (χ0v) is 16.0. The molecule has 2 atom stereocenters. The molecule has 0 saturated carbocycles. The molecule has 1 fully saturated rings. The quantitative estimate of drug-likeness (QED) is 0.858. The monoisotopic (exact) mass is 350 g/mol. The van der Waals surface area contributed by atoms with Gasteiger partial charge in [0.25, 0.3) is 5.56 Å². The molecule has 0 bridgehead atoms. The van der Waals surface area contributed by atoms with Gasteiger partial charge < -0.3 is 14.1 Å². The first kappa shape index (κ1) is 17.3. The summed E-state index contributed by atoms with van der Waals surface area (Å²) in [5, 5.41) is 0.191. The second-order valence-electron chi connectivity index (χ2n) is 7.92. The lowest BCUT2D eigenvalue weighted by Gasteiger charge is -2.36. The van der Waals surface area contributed by atoms with Gasteiger partial charge in [-0.25, -0.2) is 9.97 Å². The number of H-pyrrole nitrogens is 1. The van der Waals surface area contributed by atoms with Gasteiger partial charge in [0.15, 0.2) is 19.5 Å². The summed E-state index contributed by atoms with van der Waals surface area (Å²) in [7, 11) is -1.77. The molecule has 1 saturated heterocycles. The van der Waals surface area contributed by atoms with Crippen molar-refractivity contribution < 1.29 is 9.16 Å². The average Bonchev–Trinajstić information content (AvgIpc) is 3.10. The van der Waals surface area contributed by atoms with Crippen LogP contribution in [0.5, 0.6) is 0 Å². The van der Waals surface area contributed by atoms with Crippen molar-refractivity contribution in [3.63, 3.8) is 0 Å². The van der Waals surface area contributed by atoms with Crippen molar-refractivity contribution in [3.05, 3.63) is 23.0 Å². The van der Waals surface area contributed by atoms with Crippen LogP contribution in [0.3, 0.4) is 0 Å². The van der Waals surface area contributed by atoms with E-state index in [1.54, 1.807) is 6.33 Å². The SMILES string of the molecule is CC(C)(C)[Si](C)(C)OC[C@@H]1CC[C@H](n2cnc3c(=O)[nH]cnc32)O1. The number of nitrogens with zero attached hydrogens (tertiary/aromatic N) is 3. The van der Waals surface area contributed by atoms with Crippen LogP contribution in [0.2, 0.25) is 18.1 Å². The number of aromatic amines is 1. The zero-order chi connectivity index (χ0) is 17.5. The van der Waals surface area contributed by atoms with Crippen LogP contribution in [0.4, 0.5) is 0 Å². The Morgan fingerprint density at radius 3 is 2.83 bits per heavy atom. The fourth-order valence-corrected chi connectivity index (χ4v) is 3.64. The number of rotatable bonds is 4. The highest BCUT2D eigenvalue weighted by Crippen LogP contribution is 2.37. The first-order chi connectivity index (χ1) is 11.2. The molecule has 0 amide bonds. The molecule has 0 aromatic carbocycles. The molecule has 3 heterocycles. The predicted molar refractivity (Wildman–Crippen MR) is 94.4 cm³/mol. The first-order valence-corrected chi connectivity index (χ1v) is 11.3. The van der Waals surface area contributed by atoms with Crippen LogP contribution < -0.4 is 5.56 Å². The van der Waals surface area contributed by atoms with Crippen LogP contribution in [0.15, 0.2) is 17.4 Å². The third kappa shape index (κ3) is 3.18. The summed E-state index contributed by atoms with van der Waals surface area (Å²) in [6.45, 7) is 11.8. The van der Waals surface area contributed by atoms with Crippen LogP contribution in [-0.4, -0.2) is 40.5 Å². The third-order valence-electron chi connectivity index (χ3n) is 5.20. The zero-order valence-electron chi connectivity index (χ0n) is 15.0. The number of nitrogens with one attached hydrogen (secondary N) is 1. The van der Waals surface area contributed by atoms with Crippen LogP contribution in [-0.2, 0) is 9.16 Å². The minimum absolute atomic E-state index is 0.0728. The van der Waals surface area contributed by atoms with E-state index in [4.69, 9.17) is 9.16 Å². The van der Waals surface area contributed by atoms with Crippen molar-refractivity contribution in [1.82, 2.24) is 19.5 Å². The van der Waals surface area contributed by atoms with E-state index in [0.717, 1.165) is 12.8 Å². The van der Waals surface area contributed by atoms with Crippen LogP contribution in [0.1, 0.15) is 39.8 Å². The number of hydrogen-bond acceptors (Lipinski definition) is 5. The highest BCUT2D eigenvalue weighted by molar-refractivity contribution is 6.74. The second-order valence-corrected chi connectivity index (χ2v) is 12.7. The van der Waals surface area contributed by atoms with E-state index in [9.17, 15) is 4.79 Å². The molecule has 8 heteroatoms. The topological polar surface area (TPSA) is 82.0 Å². The molecule has 0 radical (unpaired) electrons. The average molecular weight is 350 g/mol. The molecule has 1 N–H and O–H groups in total. The summed E-state index contributed by atoms with van der Waals surface area (Å²) < 4.78 is 14.2. The molecule has 1 aliphatic heterocycles. The minimum atomic E-state index is -1.77. The smallest absolute Gasteiger partial charge is 0.278 e. The Kier molecular flexibility index (Phi) is 4.39. The Morgan fingerprint density at radius 2 is 2.12 bits per heavy atom. The number of aromatic nitrogens is 4. The van der Waals surface area contributed by atoms with E-state index < -0.39 is 8.32 Å². The number of hydrogen-bond donors (Lipinski definition) is 1. The first-order valence-electron chi connectivity index (χ1n) is 8.39. The summed E-state index contributed by atoms with van der Waals surface area (Å²) in [4.78, 5) is 22.7. The largest absolute Gasteiger partial charge is 0.414 e. The lowest BCUT2D eigenvalue weighted by atomic mass is 10.2. The van der Waals surface area contributed by atoms with E-state index in [-0.39, 0.29) is 22.9 Å². The highest BCUT2D eigenvalue weighted by Gasteiger charge is 2.38. The van der Waals surface area contributed by atoms with Gasteiger partial charge in [-0.2, -0.15) is 0 Å². The summed E-state index contributed by atoms with van der Waals surface area (Å²) in [5.74, 6) is 0. The van der Waals surface area contributed by atoms with Gasteiger partial charge in [0.05, 0.1) is 25.4 Å². The molecular formula is C16H26N4O3Si. The van der Waals surface area contributed by atoms with Crippen molar-refractivity contribution in [2.45, 2.75) is 64.1 Å². The van der Waals surface area contributed by atoms with Crippen molar-refractivity contribution in [3.8, 4) is 0 Å². The van der Waals surface area contributed by atoms with Gasteiger partial charge in [0, 0.05) is 0 Å². The summed E-state index contributed by atoms with van der Waals surface area (Å²) in [6, 6.07) is 0. The second kappa shape index (κ2) is 6.09. The maximum atomic E-state index is 11.8. The van der Waals surface area contributed by atoms with E-state index >= 15 is 0 Å². The Balaban J connectivity index is 1.67. The fraction of sp³-hybridized carbons (Fsp3) is 0.688. The molecule has 0 unspecified atom stereocenters. The third-order valence-corrected chi connectivity index (χ3v) is 9.70. The molecule has 0 spiro atoms. The highest BCUT2D eigenvalue weighted by atomic mass is 28.4. The van der Waals surface area contributed by atoms with Gasteiger partial charge in [0.2, 0.25) is 0 Å². The Bertz CT molecular complexity index is 777. The molecule has 2 aromatic heterocycles. The molecular weight excluding hydrogens is 324 g/mol. The van der Waals surface area contributed by atoms with Gasteiger partial charge in [-0.1, -0.05) is 20.8 Å². The Hall–Kier alpha value is -1.51. The maximum Gasteiger partial charge on any atom is 0.278 e. The lowest BCUT2D eigenvalue weighted by molar-refractivity contribution is -0.0182. The van der Waals surface area contributed by atoms with E-state index in [2.05, 4.69) is 48.8 Å². The molecule has 0 aliphatic carbocycles. The molecule has 1 aliphatic rings. The molecule has 3 rings (SSSR count). The van der Waals surface area contributed by atoms with Gasteiger partial charge in [-0.05, 0) is 31.0 Å². The fourth-order valence-electron chi connectivity index (χ4n) is 2.61. The van der Waals surface area contributed by atoms with Crippen LogP contribution >= 0.6 is 0 Å². The summed E-state index contributed by atoms with van der Waals surface area (Å²) >= 11 is 0. The summed E-state index contributed by atoms with van der Waals surface area (Å²) in [6.07, 6.45) is 4.76. The van der Waals surface area contributed by atoms with Gasteiger partial charge >= 0.3 is 0 Å². The van der Waals surface area contributed by atoms with E-state index in [1.165, 1.54) is 6.33 Å². The number of imidazole rings is 1. The number of fused-ring (bicyclic) bond motifs is 1. The predicted octanol–water partition coefficient (Wildman–Crippen LogP) is 2.82. The Labute approximate surface area is 142 Å². The normalized spacial score (nSPS) is 22.4. The number of ether oxygens (including phenoxy) is 1. The van der Waals surface area contributed by atoms with Crippen molar-refractivity contribution in [1.29, 1.82) is 0 Å². The van der Waals surface area contributed by atoms with Gasteiger partial charge in [0.1, 0.15) is 6.23 Å². The van der Waals surface area contributed by atoms with E-state index in [1.807, 2.05) is 4.57 Å². The lowest BCUT2D eigenvalue weighted by Crippen LogP contribution is -2.42. The molecule has 132 valence electrons. The van der Waals surface area contributed by atoms with E-state index in [0.29, 0.717) is 17.8 Å².